The zero-order chi connectivity index (χ0) is 29.5. The van der Waals surface area contributed by atoms with Crippen LogP contribution in [0.5, 0.6) is 5.75 Å². The van der Waals surface area contributed by atoms with E-state index in [9.17, 15) is 14.7 Å². The second-order valence-electron chi connectivity index (χ2n) is 11.2. The van der Waals surface area contributed by atoms with Gasteiger partial charge in [0.15, 0.2) is 0 Å². The predicted molar refractivity (Wildman–Crippen MR) is 161 cm³/mol. The number of aromatic nitrogens is 2. The molecule has 1 aromatic heterocycles. The van der Waals surface area contributed by atoms with Gasteiger partial charge >= 0.3 is 12.1 Å². The number of rotatable bonds is 8. The Morgan fingerprint density at radius 2 is 1.95 bits per heavy atom. The van der Waals surface area contributed by atoms with E-state index >= 15 is 0 Å². The average molecular weight is 586 g/mol. The van der Waals surface area contributed by atoms with Crippen LogP contribution in [0.4, 0.5) is 10.5 Å². The lowest BCUT2D eigenvalue weighted by atomic mass is 9.93. The maximum absolute atomic E-state index is 13.3. The van der Waals surface area contributed by atoms with Gasteiger partial charge in [0, 0.05) is 23.3 Å². The van der Waals surface area contributed by atoms with Crippen LogP contribution < -0.4 is 9.64 Å². The highest BCUT2D eigenvalue weighted by atomic mass is 35.5. The number of carboxylic acids is 1. The Hall–Kier alpha value is -4.30. The van der Waals surface area contributed by atoms with Crippen molar-refractivity contribution in [1.82, 2.24) is 9.78 Å². The number of carbonyl (C=O) groups is 2. The van der Waals surface area contributed by atoms with Crippen LogP contribution in [0, 0.1) is 19.8 Å². The minimum Gasteiger partial charge on any atom is -0.487 e. The average Bonchev–Trinajstić information content (AvgIpc) is 3.62. The molecule has 1 amide bonds. The molecule has 1 saturated carbocycles. The molecule has 0 saturated heterocycles. The predicted octanol–water partition coefficient (Wildman–Crippen LogP) is 7.09. The second kappa shape index (κ2) is 11.2. The van der Waals surface area contributed by atoms with Gasteiger partial charge in [-0.1, -0.05) is 35.9 Å². The molecule has 1 aliphatic carbocycles. The number of amides is 1. The summed E-state index contributed by atoms with van der Waals surface area (Å²) >= 11 is 6.35. The molecule has 3 unspecified atom stereocenters. The number of carbonyl (C=O) groups excluding carboxylic acids is 1. The van der Waals surface area contributed by atoms with Crippen molar-refractivity contribution in [3.63, 3.8) is 0 Å². The van der Waals surface area contributed by atoms with E-state index in [1.807, 2.05) is 57.3 Å². The monoisotopic (exact) mass is 585 g/mol. The molecule has 6 rings (SSSR count). The van der Waals surface area contributed by atoms with Gasteiger partial charge in [0.25, 0.3) is 0 Å². The lowest BCUT2D eigenvalue weighted by molar-refractivity contribution is 0.0696. The van der Waals surface area contributed by atoms with Crippen LogP contribution in [-0.4, -0.2) is 46.2 Å². The van der Waals surface area contributed by atoms with Gasteiger partial charge in [0.05, 0.1) is 24.0 Å². The van der Waals surface area contributed by atoms with Gasteiger partial charge in [-0.05, 0) is 97.2 Å². The quantitative estimate of drug-likeness (QED) is 0.237. The Kier molecular flexibility index (Phi) is 7.41. The molecular weight excluding hydrogens is 554 g/mol. The Bertz CT molecular complexity index is 1680. The van der Waals surface area contributed by atoms with E-state index in [-0.39, 0.29) is 24.4 Å². The van der Waals surface area contributed by atoms with Crippen molar-refractivity contribution < 1.29 is 24.2 Å². The molecule has 1 N–H and O–H groups in total. The summed E-state index contributed by atoms with van der Waals surface area (Å²) in [7, 11) is 0. The lowest BCUT2D eigenvalue weighted by Gasteiger charge is -2.30. The molecule has 1 aliphatic heterocycles. The first-order valence-electron chi connectivity index (χ1n) is 14.0. The summed E-state index contributed by atoms with van der Waals surface area (Å²) in [6, 6.07) is 16.6. The highest BCUT2D eigenvalue weighted by Crippen LogP contribution is 2.57. The minimum absolute atomic E-state index is 0.143. The first kappa shape index (κ1) is 27.8. The molecule has 42 heavy (non-hydrogen) atoms. The number of anilines is 1. The number of carboxylic acid groups (broad SMARTS) is 1. The number of aryl methyl sites for hydroxylation is 1. The molecule has 0 bridgehead atoms. The summed E-state index contributed by atoms with van der Waals surface area (Å²) in [5.74, 6) is 0.569. The third-order valence-corrected chi connectivity index (χ3v) is 8.57. The number of ether oxygens (including phenoxy) is 2. The molecule has 1 fully saturated rings. The van der Waals surface area contributed by atoms with Crippen LogP contribution in [0.1, 0.15) is 51.9 Å². The molecule has 9 heteroatoms. The fourth-order valence-electron chi connectivity index (χ4n) is 5.70. The number of benzene rings is 3. The fourth-order valence-corrected chi connectivity index (χ4v) is 5.88. The number of aromatic carboxylic acids is 1. The van der Waals surface area contributed by atoms with Crippen molar-refractivity contribution in [3.05, 3.63) is 99.8 Å². The van der Waals surface area contributed by atoms with Gasteiger partial charge in [-0.25, -0.2) is 9.59 Å². The van der Waals surface area contributed by atoms with Crippen LogP contribution in [-0.2, 0) is 11.3 Å². The molecule has 0 radical (unpaired) electrons. The van der Waals surface area contributed by atoms with Crippen LogP contribution in [0.25, 0.3) is 11.1 Å². The molecular formula is C33H32ClN3O5. The molecule has 4 aromatic rings. The summed E-state index contributed by atoms with van der Waals surface area (Å²) < 4.78 is 13.6. The lowest BCUT2D eigenvalue weighted by Crippen LogP contribution is -2.38. The number of halogens is 1. The van der Waals surface area contributed by atoms with Gasteiger partial charge in [-0.3, -0.25) is 9.58 Å². The SMILES string of the molecule is Cc1cccc(OC(C)COC(=O)N2CC3CC3c3c(-c4cnn(Cc5cc(C(=O)O)ccc5Cl)c4)cccc32)c1C. The molecule has 3 aromatic carbocycles. The van der Waals surface area contributed by atoms with Gasteiger partial charge in [-0.15, -0.1) is 0 Å². The van der Waals surface area contributed by atoms with E-state index in [1.54, 1.807) is 27.9 Å². The van der Waals surface area contributed by atoms with Crippen molar-refractivity contribution in [2.24, 2.45) is 5.92 Å². The normalized spacial score (nSPS) is 17.7. The van der Waals surface area contributed by atoms with Gasteiger partial charge in [-0.2, -0.15) is 5.10 Å². The van der Waals surface area contributed by atoms with Gasteiger partial charge in [0.1, 0.15) is 18.5 Å². The van der Waals surface area contributed by atoms with Crippen molar-refractivity contribution in [3.8, 4) is 16.9 Å². The third kappa shape index (κ3) is 5.46. The Morgan fingerprint density at radius 3 is 2.76 bits per heavy atom. The first-order valence-corrected chi connectivity index (χ1v) is 14.4. The van der Waals surface area contributed by atoms with Crippen LogP contribution >= 0.6 is 11.6 Å². The van der Waals surface area contributed by atoms with Crippen molar-refractivity contribution >= 4 is 29.4 Å². The fraction of sp³-hybridized carbons (Fsp3) is 0.303. The maximum atomic E-state index is 13.3. The minimum atomic E-state index is -1.00. The van der Waals surface area contributed by atoms with Crippen LogP contribution in [0.3, 0.4) is 0 Å². The first-order chi connectivity index (χ1) is 20.2. The van der Waals surface area contributed by atoms with Crippen LogP contribution in [0.2, 0.25) is 5.02 Å². The zero-order valence-corrected chi connectivity index (χ0v) is 24.5. The van der Waals surface area contributed by atoms with E-state index in [2.05, 4.69) is 11.2 Å². The molecule has 216 valence electrons. The molecule has 0 spiro atoms. The molecule has 3 atom stereocenters. The Morgan fingerprint density at radius 1 is 1.14 bits per heavy atom. The third-order valence-electron chi connectivity index (χ3n) is 8.20. The van der Waals surface area contributed by atoms with E-state index in [0.717, 1.165) is 45.7 Å². The summed E-state index contributed by atoms with van der Waals surface area (Å²) in [4.78, 5) is 26.5. The number of hydrogen-bond acceptors (Lipinski definition) is 5. The van der Waals surface area contributed by atoms with Crippen molar-refractivity contribution in [2.45, 2.75) is 45.8 Å². The Balaban J connectivity index is 1.19. The standard InChI is InChI=1S/C33H32ClN3O5/c1-19-6-4-9-30(21(19)3)42-20(2)18-41-33(40)37-17-23-13-27(23)31-26(7-5-8-29(31)37)25-14-35-36(16-25)15-24-12-22(32(38)39)10-11-28(24)34/h4-12,14,16,20,23,27H,13,15,17-18H2,1-3H3,(H,38,39). The van der Waals surface area contributed by atoms with Crippen molar-refractivity contribution in [2.75, 3.05) is 18.1 Å². The highest BCUT2D eigenvalue weighted by Gasteiger charge is 2.48. The summed E-state index contributed by atoms with van der Waals surface area (Å²) in [5.41, 5.74) is 7.03. The van der Waals surface area contributed by atoms with E-state index in [4.69, 9.17) is 21.1 Å². The van der Waals surface area contributed by atoms with E-state index < -0.39 is 5.97 Å². The number of fused-ring (bicyclic) bond motifs is 3. The number of hydrogen-bond donors (Lipinski definition) is 1. The number of nitrogens with zero attached hydrogens (tertiary/aromatic N) is 3. The smallest absolute Gasteiger partial charge is 0.414 e. The van der Waals surface area contributed by atoms with E-state index in [0.29, 0.717) is 35.5 Å². The largest absolute Gasteiger partial charge is 0.487 e. The molecule has 2 heterocycles. The van der Waals surface area contributed by atoms with Crippen molar-refractivity contribution in [1.29, 1.82) is 0 Å². The van der Waals surface area contributed by atoms with Gasteiger partial charge in [0.2, 0.25) is 0 Å². The van der Waals surface area contributed by atoms with Crippen LogP contribution in [0.15, 0.2) is 67.0 Å². The summed E-state index contributed by atoms with van der Waals surface area (Å²) in [5, 5.41) is 14.4. The van der Waals surface area contributed by atoms with Gasteiger partial charge < -0.3 is 14.6 Å². The molecule has 2 aliphatic rings. The zero-order valence-electron chi connectivity index (χ0n) is 23.7. The maximum Gasteiger partial charge on any atom is 0.414 e. The summed E-state index contributed by atoms with van der Waals surface area (Å²) in [6.45, 7) is 7.07. The highest BCUT2D eigenvalue weighted by molar-refractivity contribution is 6.31. The summed E-state index contributed by atoms with van der Waals surface area (Å²) in [6.07, 6.45) is 4.07. The molecule has 8 nitrogen and oxygen atoms in total. The Labute approximate surface area is 249 Å². The second-order valence-corrected chi connectivity index (χ2v) is 11.6. The topological polar surface area (TPSA) is 93.9 Å². The van der Waals surface area contributed by atoms with E-state index in [1.165, 1.54) is 6.07 Å².